The second kappa shape index (κ2) is 9.52. The lowest BCUT2D eigenvalue weighted by Gasteiger charge is -2.45. The summed E-state index contributed by atoms with van der Waals surface area (Å²) >= 11 is 0. The molecule has 2 saturated heterocycles. The van der Waals surface area contributed by atoms with Crippen LogP contribution in [0, 0.1) is 19.8 Å². The Morgan fingerprint density at radius 3 is 2.57 bits per heavy atom. The van der Waals surface area contributed by atoms with Crippen LogP contribution >= 0.6 is 0 Å². The third-order valence-electron chi connectivity index (χ3n) is 6.22. The molecule has 28 heavy (non-hydrogen) atoms. The Kier molecular flexibility index (Phi) is 7.08. The zero-order valence-corrected chi connectivity index (χ0v) is 17.0. The number of morpholine rings is 1. The van der Waals surface area contributed by atoms with Gasteiger partial charge in [-0.05, 0) is 49.3 Å². The summed E-state index contributed by atoms with van der Waals surface area (Å²) in [6.45, 7) is 8.79. The van der Waals surface area contributed by atoms with E-state index in [4.69, 9.17) is 9.84 Å². The molecule has 0 aliphatic carbocycles. The Hall–Kier alpha value is -1.92. The number of aliphatic carboxylic acids is 1. The van der Waals surface area contributed by atoms with E-state index in [1.54, 1.807) is 0 Å². The van der Waals surface area contributed by atoms with Gasteiger partial charge < -0.3 is 14.7 Å². The maximum absolute atomic E-state index is 12.9. The molecular weight excluding hydrogens is 356 g/mol. The van der Waals surface area contributed by atoms with Gasteiger partial charge in [-0.2, -0.15) is 0 Å². The van der Waals surface area contributed by atoms with Crippen LogP contribution in [0.2, 0.25) is 0 Å². The van der Waals surface area contributed by atoms with Crippen LogP contribution in [-0.4, -0.2) is 72.2 Å². The van der Waals surface area contributed by atoms with Gasteiger partial charge in [0.25, 0.3) is 0 Å². The summed E-state index contributed by atoms with van der Waals surface area (Å²) in [5.74, 6) is -0.421. The number of carbonyl (C=O) groups excluding carboxylic acids is 1. The minimum atomic E-state index is -0.765. The Bertz CT molecular complexity index is 700. The van der Waals surface area contributed by atoms with Crippen molar-refractivity contribution >= 4 is 11.9 Å². The molecule has 0 radical (unpaired) electrons. The van der Waals surface area contributed by atoms with Gasteiger partial charge in [-0.3, -0.25) is 14.5 Å². The number of nitrogens with zero attached hydrogens (tertiary/aromatic N) is 2. The minimum absolute atomic E-state index is 0.143. The van der Waals surface area contributed by atoms with Crippen LogP contribution in [0.25, 0.3) is 0 Å². The highest BCUT2D eigenvalue weighted by Gasteiger charge is 2.35. The first kappa shape index (κ1) is 20.8. The quantitative estimate of drug-likeness (QED) is 0.810. The van der Waals surface area contributed by atoms with E-state index in [2.05, 4.69) is 30.9 Å². The summed E-state index contributed by atoms with van der Waals surface area (Å²) in [5, 5.41) is 9.14. The van der Waals surface area contributed by atoms with Gasteiger partial charge in [0.15, 0.2) is 0 Å². The van der Waals surface area contributed by atoms with Crippen molar-refractivity contribution in [3.8, 4) is 0 Å². The topological polar surface area (TPSA) is 70.1 Å². The van der Waals surface area contributed by atoms with E-state index in [0.717, 1.165) is 44.8 Å². The second-order valence-electron chi connectivity index (χ2n) is 8.13. The molecule has 0 aromatic heterocycles. The van der Waals surface area contributed by atoms with Gasteiger partial charge in [-0.15, -0.1) is 0 Å². The van der Waals surface area contributed by atoms with Crippen molar-refractivity contribution in [2.45, 2.75) is 45.6 Å². The number of carboxylic acid groups (broad SMARTS) is 1. The van der Waals surface area contributed by atoms with Crippen molar-refractivity contribution in [2.24, 2.45) is 5.92 Å². The Morgan fingerprint density at radius 1 is 1.14 bits per heavy atom. The number of carboxylic acids is 1. The van der Waals surface area contributed by atoms with Gasteiger partial charge in [0.1, 0.15) is 0 Å². The van der Waals surface area contributed by atoms with E-state index in [1.165, 1.54) is 11.1 Å². The van der Waals surface area contributed by atoms with Gasteiger partial charge >= 0.3 is 5.97 Å². The number of ether oxygens (including phenoxy) is 1. The molecule has 2 fully saturated rings. The SMILES string of the molecule is Cc1ccc(CC(=O)N2CC[C@H](N3CCOCC3)[C@H](CCC(=O)O)C2)cc1C. The van der Waals surface area contributed by atoms with Crippen molar-refractivity contribution in [3.63, 3.8) is 0 Å². The number of likely N-dealkylation sites (tertiary alicyclic amines) is 1. The molecule has 6 nitrogen and oxygen atoms in total. The average Bonchev–Trinajstić information content (AvgIpc) is 2.69. The molecular formula is C22H32N2O4. The van der Waals surface area contributed by atoms with E-state index in [0.29, 0.717) is 25.4 Å². The molecule has 2 heterocycles. The van der Waals surface area contributed by atoms with E-state index >= 15 is 0 Å². The third-order valence-corrected chi connectivity index (χ3v) is 6.22. The van der Waals surface area contributed by atoms with E-state index in [9.17, 15) is 9.59 Å². The van der Waals surface area contributed by atoms with Crippen LogP contribution in [0.4, 0.5) is 0 Å². The smallest absolute Gasteiger partial charge is 0.303 e. The van der Waals surface area contributed by atoms with Crippen LogP contribution in [0.15, 0.2) is 18.2 Å². The van der Waals surface area contributed by atoms with Gasteiger partial charge in [0, 0.05) is 38.6 Å². The average molecular weight is 389 g/mol. The number of aryl methyl sites for hydroxylation is 2. The van der Waals surface area contributed by atoms with Gasteiger partial charge in [-0.1, -0.05) is 18.2 Å². The first-order valence-corrected chi connectivity index (χ1v) is 10.3. The molecule has 0 unspecified atom stereocenters. The van der Waals surface area contributed by atoms with Gasteiger partial charge in [0.05, 0.1) is 19.6 Å². The van der Waals surface area contributed by atoms with Crippen LogP contribution in [0.1, 0.15) is 36.0 Å². The first-order valence-electron chi connectivity index (χ1n) is 10.3. The summed E-state index contributed by atoms with van der Waals surface area (Å²) in [5.41, 5.74) is 3.48. The zero-order valence-electron chi connectivity index (χ0n) is 17.0. The fraction of sp³-hybridized carbons (Fsp3) is 0.636. The maximum atomic E-state index is 12.9. The molecule has 2 aliphatic rings. The first-order chi connectivity index (χ1) is 13.4. The molecule has 3 rings (SSSR count). The van der Waals surface area contributed by atoms with Gasteiger partial charge in [-0.25, -0.2) is 0 Å². The Balaban J connectivity index is 1.64. The van der Waals surface area contributed by atoms with Crippen molar-refractivity contribution in [2.75, 3.05) is 39.4 Å². The van der Waals surface area contributed by atoms with Crippen molar-refractivity contribution < 1.29 is 19.4 Å². The third kappa shape index (κ3) is 5.32. The number of piperidine rings is 1. The van der Waals surface area contributed by atoms with Crippen molar-refractivity contribution in [3.05, 3.63) is 34.9 Å². The highest BCUT2D eigenvalue weighted by Crippen LogP contribution is 2.27. The Labute approximate surface area is 167 Å². The predicted octanol–water partition coefficient (Wildman–Crippen LogP) is 2.26. The highest BCUT2D eigenvalue weighted by molar-refractivity contribution is 5.79. The predicted molar refractivity (Wildman–Crippen MR) is 107 cm³/mol. The van der Waals surface area contributed by atoms with Crippen molar-refractivity contribution in [1.82, 2.24) is 9.80 Å². The second-order valence-corrected chi connectivity index (χ2v) is 8.13. The van der Waals surface area contributed by atoms with Gasteiger partial charge in [0.2, 0.25) is 5.91 Å². The lowest BCUT2D eigenvalue weighted by Crippen LogP contribution is -2.55. The zero-order chi connectivity index (χ0) is 20.1. The molecule has 1 aromatic carbocycles. The van der Waals surface area contributed by atoms with Crippen LogP contribution < -0.4 is 0 Å². The monoisotopic (exact) mass is 388 g/mol. The summed E-state index contributed by atoms with van der Waals surface area (Å²) in [6, 6.07) is 6.53. The molecule has 1 aromatic rings. The lowest BCUT2D eigenvalue weighted by molar-refractivity contribution is -0.138. The molecule has 1 amide bonds. The molecule has 6 heteroatoms. The number of carbonyl (C=O) groups is 2. The summed E-state index contributed by atoms with van der Waals surface area (Å²) < 4.78 is 5.47. The molecule has 2 atom stereocenters. The standard InChI is InChI=1S/C22H32N2O4/c1-16-3-4-18(13-17(16)2)14-21(25)24-8-7-20(23-9-11-28-12-10-23)19(15-24)5-6-22(26)27/h3-4,13,19-20H,5-12,14-15H2,1-2H3,(H,26,27)/t19-,20+/m1/s1. The molecule has 0 spiro atoms. The Morgan fingerprint density at radius 2 is 1.89 bits per heavy atom. The van der Waals surface area contributed by atoms with Crippen LogP contribution in [-0.2, 0) is 20.7 Å². The summed E-state index contributed by atoms with van der Waals surface area (Å²) in [6.07, 6.45) is 2.09. The molecule has 1 N–H and O–H groups in total. The number of hydrogen-bond donors (Lipinski definition) is 1. The molecule has 0 bridgehead atoms. The maximum Gasteiger partial charge on any atom is 0.303 e. The molecule has 0 saturated carbocycles. The number of benzene rings is 1. The highest BCUT2D eigenvalue weighted by atomic mass is 16.5. The van der Waals surface area contributed by atoms with Crippen LogP contribution in [0.5, 0.6) is 0 Å². The summed E-state index contributed by atoms with van der Waals surface area (Å²) in [4.78, 5) is 28.4. The number of rotatable bonds is 6. The summed E-state index contributed by atoms with van der Waals surface area (Å²) in [7, 11) is 0. The number of amides is 1. The van der Waals surface area contributed by atoms with E-state index in [-0.39, 0.29) is 18.2 Å². The fourth-order valence-electron chi connectivity index (χ4n) is 4.43. The fourth-order valence-corrected chi connectivity index (χ4v) is 4.43. The molecule has 2 aliphatic heterocycles. The largest absolute Gasteiger partial charge is 0.481 e. The lowest BCUT2D eigenvalue weighted by atomic mass is 9.86. The normalized spacial score (nSPS) is 23.6. The van der Waals surface area contributed by atoms with E-state index < -0.39 is 5.97 Å². The minimum Gasteiger partial charge on any atom is -0.481 e. The van der Waals surface area contributed by atoms with E-state index in [1.807, 2.05) is 11.0 Å². The van der Waals surface area contributed by atoms with Crippen molar-refractivity contribution in [1.29, 1.82) is 0 Å². The number of hydrogen-bond acceptors (Lipinski definition) is 4. The van der Waals surface area contributed by atoms with Crippen LogP contribution in [0.3, 0.4) is 0 Å². The molecule has 154 valence electrons.